The second-order valence-electron chi connectivity index (χ2n) is 5.28. The van der Waals surface area contributed by atoms with Crippen molar-refractivity contribution in [3.8, 4) is 0 Å². The zero-order valence-electron chi connectivity index (χ0n) is 14.1. The minimum absolute atomic E-state index is 0.0858. The van der Waals surface area contributed by atoms with Crippen LogP contribution in [0.2, 0.25) is 5.02 Å². The number of nitrogens with zero attached hydrogens (tertiary/aromatic N) is 1. The highest BCUT2D eigenvalue weighted by Crippen LogP contribution is 2.34. The fourth-order valence-electron chi connectivity index (χ4n) is 2.25. The van der Waals surface area contributed by atoms with Crippen LogP contribution in [0.4, 0.5) is 5.13 Å². The molecule has 0 fully saturated rings. The van der Waals surface area contributed by atoms with Crippen molar-refractivity contribution >= 4 is 78.7 Å². The Balaban J connectivity index is 1.62. The number of amides is 1. The van der Waals surface area contributed by atoms with Gasteiger partial charge in [-0.25, -0.2) is 4.98 Å². The van der Waals surface area contributed by atoms with E-state index in [-0.39, 0.29) is 23.4 Å². The summed E-state index contributed by atoms with van der Waals surface area (Å²) in [7, 11) is 0. The van der Waals surface area contributed by atoms with Crippen molar-refractivity contribution in [2.45, 2.75) is 13.3 Å². The third kappa shape index (κ3) is 4.81. The van der Waals surface area contributed by atoms with Gasteiger partial charge in [0.1, 0.15) is 4.88 Å². The Morgan fingerprint density at radius 2 is 2.11 bits per heavy atom. The smallest absolute Gasteiger partial charge is 0.311 e. The molecule has 2 heterocycles. The third-order valence-electron chi connectivity index (χ3n) is 3.37. The SMILES string of the molecule is CCOC(=O)Cc1csc(NC(=S)NC(=O)c2sc3ccccc3c2Cl)n1. The van der Waals surface area contributed by atoms with E-state index in [9.17, 15) is 9.59 Å². The lowest BCUT2D eigenvalue weighted by atomic mass is 10.2. The molecule has 0 aliphatic carbocycles. The molecule has 0 unspecified atom stereocenters. The molecule has 0 atom stereocenters. The molecule has 10 heteroatoms. The van der Waals surface area contributed by atoms with Gasteiger partial charge in [0, 0.05) is 15.5 Å². The van der Waals surface area contributed by atoms with Crippen molar-refractivity contribution in [2.75, 3.05) is 11.9 Å². The number of thiocarbonyl (C=S) groups is 1. The van der Waals surface area contributed by atoms with E-state index in [2.05, 4.69) is 15.6 Å². The number of halogens is 1. The molecule has 6 nitrogen and oxygen atoms in total. The summed E-state index contributed by atoms with van der Waals surface area (Å²) in [5.74, 6) is -0.730. The van der Waals surface area contributed by atoms with Crippen molar-refractivity contribution in [2.24, 2.45) is 0 Å². The van der Waals surface area contributed by atoms with Gasteiger partial charge in [0.15, 0.2) is 10.2 Å². The summed E-state index contributed by atoms with van der Waals surface area (Å²) >= 11 is 14.0. The number of fused-ring (bicyclic) bond motifs is 1. The molecule has 0 saturated carbocycles. The second kappa shape index (κ2) is 8.75. The van der Waals surface area contributed by atoms with E-state index in [0.717, 1.165) is 10.1 Å². The van der Waals surface area contributed by atoms with Gasteiger partial charge in [-0.1, -0.05) is 29.8 Å². The summed E-state index contributed by atoms with van der Waals surface area (Å²) in [6.45, 7) is 2.07. The molecule has 1 aromatic carbocycles. The number of carbonyl (C=O) groups excluding carboxylic acids is 2. The lowest BCUT2D eigenvalue weighted by Crippen LogP contribution is -2.33. The highest BCUT2D eigenvalue weighted by atomic mass is 35.5. The van der Waals surface area contributed by atoms with Crippen LogP contribution in [-0.2, 0) is 16.0 Å². The first-order chi connectivity index (χ1) is 13.0. The van der Waals surface area contributed by atoms with Crippen LogP contribution in [0.3, 0.4) is 0 Å². The number of hydrogen-bond donors (Lipinski definition) is 2. The topological polar surface area (TPSA) is 80.3 Å². The van der Waals surface area contributed by atoms with Crippen LogP contribution in [0.15, 0.2) is 29.6 Å². The number of hydrogen-bond acceptors (Lipinski definition) is 7. The van der Waals surface area contributed by atoms with Gasteiger partial charge in [-0.15, -0.1) is 22.7 Å². The number of nitrogens with one attached hydrogen (secondary N) is 2. The first-order valence-corrected chi connectivity index (χ1v) is 10.4. The largest absolute Gasteiger partial charge is 0.466 e. The Labute approximate surface area is 173 Å². The molecule has 0 spiro atoms. The van der Waals surface area contributed by atoms with Crippen molar-refractivity contribution in [1.29, 1.82) is 0 Å². The molecule has 3 aromatic rings. The monoisotopic (exact) mass is 439 g/mol. The number of rotatable bonds is 5. The van der Waals surface area contributed by atoms with Gasteiger partial charge in [-0.05, 0) is 25.2 Å². The Hall–Kier alpha value is -2.07. The van der Waals surface area contributed by atoms with Gasteiger partial charge in [-0.3, -0.25) is 14.9 Å². The Kier molecular flexibility index (Phi) is 6.38. The Bertz CT molecular complexity index is 1020. The summed E-state index contributed by atoms with van der Waals surface area (Å²) in [6.07, 6.45) is 0.0858. The molecule has 0 radical (unpaired) electrons. The van der Waals surface area contributed by atoms with E-state index in [4.69, 9.17) is 28.6 Å². The number of benzene rings is 1. The molecule has 0 bridgehead atoms. The molecule has 0 aliphatic heterocycles. The summed E-state index contributed by atoms with van der Waals surface area (Å²) < 4.78 is 5.81. The Morgan fingerprint density at radius 1 is 1.33 bits per heavy atom. The van der Waals surface area contributed by atoms with Crippen LogP contribution in [-0.4, -0.2) is 28.6 Å². The van der Waals surface area contributed by atoms with Gasteiger partial charge in [-0.2, -0.15) is 0 Å². The number of thiazole rings is 1. The standard InChI is InChI=1S/C17H14ClN3O3S3/c1-2-24-12(22)7-9-8-26-17(19-9)21-16(25)20-15(23)14-13(18)10-5-3-4-6-11(10)27-14/h3-6,8H,2,7H2,1H3,(H2,19,20,21,23,25). The van der Waals surface area contributed by atoms with Crippen LogP contribution in [0.1, 0.15) is 22.3 Å². The van der Waals surface area contributed by atoms with E-state index in [1.807, 2.05) is 24.3 Å². The quantitative estimate of drug-likeness (QED) is 0.457. The molecule has 27 heavy (non-hydrogen) atoms. The van der Waals surface area contributed by atoms with E-state index in [0.29, 0.717) is 27.3 Å². The van der Waals surface area contributed by atoms with Crippen molar-refractivity contribution < 1.29 is 14.3 Å². The maximum absolute atomic E-state index is 12.5. The average molecular weight is 440 g/mol. The van der Waals surface area contributed by atoms with Crippen LogP contribution < -0.4 is 10.6 Å². The van der Waals surface area contributed by atoms with E-state index in [1.165, 1.54) is 22.7 Å². The average Bonchev–Trinajstić information content (AvgIpc) is 3.19. The molecule has 0 saturated heterocycles. The van der Waals surface area contributed by atoms with Crippen LogP contribution in [0, 0.1) is 0 Å². The predicted octanol–water partition coefficient (Wildman–Crippen LogP) is 4.24. The Morgan fingerprint density at radius 3 is 2.85 bits per heavy atom. The van der Waals surface area contributed by atoms with Crippen LogP contribution in [0.5, 0.6) is 0 Å². The maximum Gasteiger partial charge on any atom is 0.311 e. The zero-order chi connectivity index (χ0) is 19.4. The summed E-state index contributed by atoms with van der Waals surface area (Å²) in [5.41, 5.74) is 0.572. The summed E-state index contributed by atoms with van der Waals surface area (Å²) in [4.78, 5) is 28.6. The maximum atomic E-state index is 12.5. The highest BCUT2D eigenvalue weighted by Gasteiger charge is 2.18. The third-order valence-corrected chi connectivity index (χ3v) is 6.06. The minimum atomic E-state index is -0.387. The summed E-state index contributed by atoms with van der Waals surface area (Å²) in [6, 6.07) is 7.52. The normalized spacial score (nSPS) is 10.6. The number of esters is 1. The number of carbonyl (C=O) groups is 2. The van der Waals surface area contributed by atoms with Gasteiger partial charge < -0.3 is 10.1 Å². The van der Waals surface area contributed by atoms with Gasteiger partial charge in [0.05, 0.1) is 23.7 Å². The van der Waals surface area contributed by atoms with E-state index in [1.54, 1.807) is 12.3 Å². The number of thiophene rings is 1. The van der Waals surface area contributed by atoms with Crippen molar-refractivity contribution in [3.63, 3.8) is 0 Å². The molecule has 3 rings (SSSR count). The summed E-state index contributed by atoms with van der Waals surface area (Å²) in [5, 5.41) is 8.98. The van der Waals surface area contributed by atoms with Crippen molar-refractivity contribution in [1.82, 2.24) is 10.3 Å². The molecule has 1 amide bonds. The number of ether oxygens (including phenoxy) is 1. The lowest BCUT2D eigenvalue weighted by Gasteiger charge is -2.06. The first-order valence-electron chi connectivity index (χ1n) is 7.87. The fraction of sp³-hybridized carbons (Fsp3) is 0.176. The van der Waals surface area contributed by atoms with Crippen LogP contribution >= 0.6 is 46.5 Å². The van der Waals surface area contributed by atoms with Crippen molar-refractivity contribution in [3.05, 3.63) is 45.2 Å². The lowest BCUT2D eigenvalue weighted by molar-refractivity contribution is -0.142. The number of anilines is 1. The number of aromatic nitrogens is 1. The minimum Gasteiger partial charge on any atom is -0.466 e. The second-order valence-corrected chi connectivity index (χ2v) is 7.97. The van der Waals surface area contributed by atoms with E-state index < -0.39 is 0 Å². The molecule has 2 aromatic heterocycles. The molecular formula is C17H14ClN3O3S3. The van der Waals surface area contributed by atoms with Crippen LogP contribution in [0.25, 0.3) is 10.1 Å². The van der Waals surface area contributed by atoms with Gasteiger partial charge in [0.25, 0.3) is 5.91 Å². The van der Waals surface area contributed by atoms with Gasteiger partial charge >= 0.3 is 5.97 Å². The molecule has 2 N–H and O–H groups in total. The molecule has 140 valence electrons. The predicted molar refractivity (Wildman–Crippen MR) is 113 cm³/mol. The van der Waals surface area contributed by atoms with E-state index >= 15 is 0 Å². The molecular weight excluding hydrogens is 426 g/mol. The zero-order valence-corrected chi connectivity index (χ0v) is 17.3. The highest BCUT2D eigenvalue weighted by molar-refractivity contribution is 7.80. The fourth-order valence-corrected chi connectivity index (χ4v) is 4.63. The first kappa shape index (κ1) is 19.7. The molecule has 0 aliphatic rings. The van der Waals surface area contributed by atoms with Gasteiger partial charge in [0.2, 0.25) is 0 Å².